The number of hydrogen-bond acceptors (Lipinski definition) is 9. The Morgan fingerprint density at radius 1 is 1.09 bits per heavy atom. The van der Waals surface area contributed by atoms with E-state index in [1.54, 1.807) is 15.6 Å². The molecule has 2 bridgehead atoms. The number of carbonyl (C=O) groups excluding carboxylic acids is 2. The van der Waals surface area contributed by atoms with Crippen molar-refractivity contribution < 1.29 is 37.3 Å². The Bertz CT molecular complexity index is 1510. The van der Waals surface area contributed by atoms with Gasteiger partial charge in [0.25, 0.3) is 5.91 Å². The average Bonchev–Trinajstić information content (AvgIpc) is 3.16. The van der Waals surface area contributed by atoms with E-state index in [1.165, 1.54) is 18.3 Å². The van der Waals surface area contributed by atoms with Crippen molar-refractivity contribution in [2.24, 2.45) is 17.8 Å². The van der Waals surface area contributed by atoms with Crippen LogP contribution in [0.25, 0.3) is 0 Å². The lowest BCUT2D eigenvalue weighted by Gasteiger charge is -2.58. The summed E-state index contributed by atoms with van der Waals surface area (Å²) in [5.74, 6) is -1.73. The average molecular weight is 601 g/mol. The van der Waals surface area contributed by atoms with Gasteiger partial charge in [0.15, 0.2) is 17.3 Å². The number of hydrogen-bond donors (Lipinski definition) is 0. The third-order valence-corrected chi connectivity index (χ3v) is 10.1. The second kappa shape index (κ2) is 10.8. The molecule has 3 aliphatic heterocycles. The second-order valence-electron chi connectivity index (χ2n) is 12.0. The van der Waals surface area contributed by atoms with Gasteiger partial charge < -0.3 is 23.8 Å². The lowest BCUT2D eigenvalue weighted by Crippen LogP contribution is -2.68. The van der Waals surface area contributed by atoms with E-state index in [-0.39, 0.29) is 43.1 Å². The van der Waals surface area contributed by atoms with E-state index < -0.39 is 48.1 Å². The van der Waals surface area contributed by atoms with Crippen LogP contribution in [0.4, 0.5) is 13.6 Å². The number of halogens is 2. The zero-order valence-corrected chi connectivity index (χ0v) is 24.0. The maximum atomic E-state index is 15.7. The van der Waals surface area contributed by atoms with Crippen molar-refractivity contribution >= 4 is 12.1 Å². The highest BCUT2D eigenvalue weighted by Gasteiger charge is 2.55. The van der Waals surface area contributed by atoms with Crippen molar-refractivity contribution in [2.45, 2.75) is 50.5 Å². The van der Waals surface area contributed by atoms with Crippen molar-refractivity contribution in [1.29, 1.82) is 0 Å². The lowest BCUT2D eigenvalue weighted by atomic mass is 9.58. The van der Waals surface area contributed by atoms with Crippen molar-refractivity contribution in [2.75, 3.05) is 45.7 Å². The molecule has 1 aromatic heterocycles. The van der Waals surface area contributed by atoms with Gasteiger partial charge in [-0.1, -0.05) is 6.07 Å². The zero-order valence-electron chi connectivity index (χ0n) is 24.0. The number of nitrogens with zero attached hydrogens (tertiary/aromatic N) is 4. The van der Waals surface area contributed by atoms with Crippen LogP contribution in [0.5, 0.6) is 5.75 Å². The van der Waals surface area contributed by atoms with Crippen molar-refractivity contribution in [3.05, 3.63) is 63.1 Å². The van der Waals surface area contributed by atoms with E-state index in [4.69, 9.17) is 14.2 Å². The Hall–Kier alpha value is -3.71. The molecule has 8 rings (SSSR count). The van der Waals surface area contributed by atoms with Crippen LogP contribution in [0.15, 0.2) is 29.2 Å². The molecule has 1 aromatic carbocycles. The van der Waals surface area contributed by atoms with Crippen LogP contribution in [0.1, 0.15) is 53.3 Å². The van der Waals surface area contributed by atoms with Crippen LogP contribution in [-0.2, 0) is 20.8 Å². The highest BCUT2D eigenvalue weighted by molar-refractivity contribution is 5.96. The SMILES string of the molecule is COC(=O)OCOc1c2n(ccc1=O)N(C1c3ccc(F)c(F)c3CN(C)[C@@H]3C4CCC(CC4)[C@@H]13)C1COCCN1C2=O. The lowest BCUT2D eigenvalue weighted by molar-refractivity contribution is -0.0514. The fourth-order valence-electron chi connectivity index (χ4n) is 8.37. The third-order valence-electron chi connectivity index (χ3n) is 10.1. The fraction of sp³-hybridized carbons (Fsp3) is 0.567. The summed E-state index contributed by atoms with van der Waals surface area (Å²) in [4.78, 5) is 42.5. The first-order valence-corrected chi connectivity index (χ1v) is 14.7. The summed E-state index contributed by atoms with van der Waals surface area (Å²) in [5, 5.41) is 2.01. The molecular formula is C30H34F2N4O7. The fourth-order valence-corrected chi connectivity index (χ4v) is 8.37. The van der Waals surface area contributed by atoms with Gasteiger partial charge in [-0.3, -0.25) is 24.2 Å². The van der Waals surface area contributed by atoms with Gasteiger partial charge in [-0.25, -0.2) is 13.6 Å². The first-order chi connectivity index (χ1) is 20.8. The van der Waals surface area contributed by atoms with E-state index in [0.29, 0.717) is 29.6 Å². The number of aromatic nitrogens is 1. The molecule has 0 spiro atoms. The molecule has 3 aliphatic carbocycles. The van der Waals surface area contributed by atoms with Crippen molar-refractivity contribution in [3.63, 3.8) is 0 Å². The van der Waals surface area contributed by atoms with E-state index in [2.05, 4.69) is 9.64 Å². The standard InChI is InChI=1S/C30H34F2N4O7/c1-33-13-19-18(7-8-20(31)24(19)32)26(23-16-3-5-17(6-4-16)25(23)33)36-22-14-41-12-11-34(22)29(38)27-28(21(37)9-10-35(27)36)42-15-43-30(39)40-2/h7-10,16-17,22-23,25-26H,3-6,11-15H2,1-2H3/t16?,17?,22?,23-,25-,26?/m1/s1. The maximum absolute atomic E-state index is 15.7. The minimum atomic E-state index is -1.00. The van der Waals surface area contributed by atoms with Gasteiger partial charge in [0.2, 0.25) is 18.0 Å². The Kier molecular flexibility index (Phi) is 7.04. The number of morpholine rings is 1. The number of rotatable bonds is 4. The van der Waals surface area contributed by atoms with Gasteiger partial charge in [-0.2, -0.15) is 0 Å². The Balaban J connectivity index is 1.44. The van der Waals surface area contributed by atoms with Gasteiger partial charge in [-0.05, 0) is 56.2 Å². The smallest absolute Gasteiger partial charge is 0.451 e. The summed E-state index contributed by atoms with van der Waals surface area (Å²) in [7, 11) is 3.13. The molecule has 230 valence electrons. The van der Waals surface area contributed by atoms with Crippen molar-refractivity contribution in [1.82, 2.24) is 14.5 Å². The quantitative estimate of drug-likeness (QED) is 0.387. The molecule has 4 heterocycles. The molecule has 2 aromatic rings. The molecular weight excluding hydrogens is 566 g/mol. The third kappa shape index (κ3) is 4.38. The molecule has 1 amide bonds. The van der Waals surface area contributed by atoms with Gasteiger partial charge in [0.05, 0.1) is 26.4 Å². The summed E-state index contributed by atoms with van der Waals surface area (Å²) in [5.41, 5.74) is 0.362. The second-order valence-corrected chi connectivity index (χ2v) is 12.0. The van der Waals surface area contributed by atoms with Crippen LogP contribution < -0.4 is 15.2 Å². The normalized spacial score (nSPS) is 29.6. The Morgan fingerprint density at radius 3 is 2.63 bits per heavy atom. The minimum absolute atomic E-state index is 0.0277. The van der Waals surface area contributed by atoms with E-state index in [1.807, 2.05) is 12.1 Å². The summed E-state index contributed by atoms with van der Waals surface area (Å²) < 4.78 is 52.9. The highest BCUT2D eigenvalue weighted by Crippen LogP contribution is 2.55. The molecule has 1 saturated heterocycles. The minimum Gasteiger partial charge on any atom is -0.451 e. The predicted molar refractivity (Wildman–Crippen MR) is 147 cm³/mol. The molecule has 0 N–H and O–H groups in total. The van der Waals surface area contributed by atoms with Crippen LogP contribution >= 0.6 is 0 Å². The maximum Gasteiger partial charge on any atom is 0.510 e. The number of fused-ring (bicyclic) bond motifs is 5. The molecule has 13 heteroatoms. The molecule has 43 heavy (non-hydrogen) atoms. The number of benzene rings is 1. The van der Waals surface area contributed by atoms with Gasteiger partial charge in [0.1, 0.15) is 6.17 Å². The summed E-state index contributed by atoms with van der Waals surface area (Å²) in [6.45, 7) is 0.367. The molecule has 4 fully saturated rings. The van der Waals surface area contributed by atoms with Crippen molar-refractivity contribution in [3.8, 4) is 5.75 Å². The van der Waals surface area contributed by atoms with Crippen LogP contribution in [0, 0.1) is 29.4 Å². The van der Waals surface area contributed by atoms with Gasteiger partial charge >= 0.3 is 6.16 Å². The number of carbonyl (C=O) groups is 2. The van der Waals surface area contributed by atoms with Crippen LogP contribution in [0.3, 0.4) is 0 Å². The largest absolute Gasteiger partial charge is 0.510 e. The molecule has 0 radical (unpaired) electrons. The number of amides is 1. The topological polar surface area (TPSA) is 103 Å². The first-order valence-electron chi connectivity index (χ1n) is 14.7. The molecule has 4 atom stereocenters. The van der Waals surface area contributed by atoms with Gasteiger partial charge in [0, 0.05) is 42.9 Å². The van der Waals surface area contributed by atoms with E-state index in [9.17, 15) is 18.8 Å². The Morgan fingerprint density at radius 2 is 1.86 bits per heavy atom. The summed E-state index contributed by atoms with van der Waals surface area (Å²) >= 11 is 0. The van der Waals surface area contributed by atoms with E-state index in [0.717, 1.165) is 32.8 Å². The predicted octanol–water partition coefficient (Wildman–Crippen LogP) is 2.99. The van der Waals surface area contributed by atoms with Gasteiger partial charge in [-0.15, -0.1) is 0 Å². The van der Waals surface area contributed by atoms with Crippen LogP contribution in [0.2, 0.25) is 0 Å². The first kappa shape index (κ1) is 28.1. The molecule has 3 saturated carbocycles. The molecule has 11 nitrogen and oxygen atoms in total. The highest BCUT2D eigenvalue weighted by atomic mass is 19.2. The number of pyridine rings is 1. The monoisotopic (exact) mass is 600 g/mol. The Labute approximate surface area is 246 Å². The summed E-state index contributed by atoms with van der Waals surface area (Å²) in [6.07, 6.45) is 4.17. The number of methoxy groups -OCH3 is 1. The zero-order chi connectivity index (χ0) is 30.0. The van der Waals surface area contributed by atoms with E-state index >= 15 is 4.39 Å². The molecule has 2 unspecified atom stereocenters. The van der Waals surface area contributed by atoms with Crippen LogP contribution in [-0.4, -0.2) is 79.5 Å². The summed E-state index contributed by atoms with van der Waals surface area (Å²) in [6, 6.07) is 3.77. The molecule has 6 aliphatic rings. The number of ether oxygens (including phenoxy) is 4.